The number of para-hydroxylation sites is 1. The molecular formula is C13H17F2NO. The van der Waals surface area contributed by atoms with Crippen molar-refractivity contribution in [2.24, 2.45) is 11.7 Å². The van der Waals surface area contributed by atoms with Gasteiger partial charge in [0, 0.05) is 11.6 Å². The highest BCUT2D eigenvalue weighted by atomic mass is 19.3. The summed E-state index contributed by atoms with van der Waals surface area (Å²) in [4.78, 5) is 0. The first-order chi connectivity index (χ1) is 8.18. The highest BCUT2D eigenvalue weighted by Crippen LogP contribution is 2.37. The molecule has 0 aromatic heterocycles. The zero-order valence-corrected chi connectivity index (χ0v) is 9.61. The lowest BCUT2D eigenvalue weighted by molar-refractivity contribution is -0.0507. The van der Waals surface area contributed by atoms with Gasteiger partial charge in [-0.25, -0.2) is 0 Å². The van der Waals surface area contributed by atoms with Gasteiger partial charge in [-0.3, -0.25) is 0 Å². The van der Waals surface area contributed by atoms with Gasteiger partial charge in [-0.1, -0.05) is 31.0 Å². The van der Waals surface area contributed by atoms with Crippen molar-refractivity contribution >= 4 is 0 Å². The molecule has 0 heterocycles. The molecule has 17 heavy (non-hydrogen) atoms. The van der Waals surface area contributed by atoms with E-state index in [1.165, 1.54) is 12.8 Å². The average molecular weight is 241 g/mol. The predicted octanol–water partition coefficient (Wildman–Crippen LogP) is 3.48. The quantitative estimate of drug-likeness (QED) is 0.875. The van der Waals surface area contributed by atoms with E-state index in [1.807, 2.05) is 6.07 Å². The molecule has 0 bridgehead atoms. The van der Waals surface area contributed by atoms with Gasteiger partial charge in [0.1, 0.15) is 5.75 Å². The minimum absolute atomic E-state index is 0.201. The smallest absolute Gasteiger partial charge is 0.387 e. The molecule has 0 saturated heterocycles. The monoisotopic (exact) mass is 241 g/mol. The summed E-state index contributed by atoms with van der Waals surface area (Å²) in [6.45, 7) is -2.80. The van der Waals surface area contributed by atoms with Gasteiger partial charge >= 0.3 is 6.61 Å². The van der Waals surface area contributed by atoms with Crippen LogP contribution in [0.15, 0.2) is 24.3 Å². The van der Waals surface area contributed by atoms with Gasteiger partial charge in [0.25, 0.3) is 0 Å². The second kappa shape index (κ2) is 5.45. The Morgan fingerprint density at radius 3 is 2.47 bits per heavy atom. The van der Waals surface area contributed by atoms with Crippen LogP contribution in [-0.2, 0) is 0 Å². The first-order valence-electron chi connectivity index (χ1n) is 5.98. The third kappa shape index (κ3) is 2.94. The molecule has 2 N–H and O–H groups in total. The Balaban J connectivity index is 2.18. The van der Waals surface area contributed by atoms with E-state index in [9.17, 15) is 8.78 Å². The van der Waals surface area contributed by atoms with E-state index in [0.717, 1.165) is 12.8 Å². The van der Waals surface area contributed by atoms with Gasteiger partial charge in [-0.05, 0) is 24.8 Å². The number of nitrogens with two attached hydrogens (primary N) is 1. The van der Waals surface area contributed by atoms with Crippen LogP contribution in [0.2, 0.25) is 0 Å². The van der Waals surface area contributed by atoms with Crippen molar-refractivity contribution in [3.63, 3.8) is 0 Å². The molecule has 0 aliphatic heterocycles. The van der Waals surface area contributed by atoms with Crippen molar-refractivity contribution in [2.75, 3.05) is 0 Å². The standard InChI is InChI=1S/C13H17F2NO/c14-13(15)17-11-8-4-3-7-10(11)12(16)9-5-1-2-6-9/h3-4,7-9,12-13H,1-2,5-6,16H2/t12-/m0/s1. The fourth-order valence-corrected chi connectivity index (χ4v) is 2.53. The summed E-state index contributed by atoms with van der Waals surface area (Å²) < 4.78 is 29.1. The Kier molecular flexibility index (Phi) is 3.94. The van der Waals surface area contributed by atoms with E-state index < -0.39 is 6.61 Å². The van der Waals surface area contributed by atoms with Crippen LogP contribution >= 0.6 is 0 Å². The van der Waals surface area contributed by atoms with Gasteiger partial charge in [-0.15, -0.1) is 0 Å². The summed E-state index contributed by atoms with van der Waals surface area (Å²) in [6, 6.07) is 6.62. The lowest BCUT2D eigenvalue weighted by atomic mass is 9.92. The third-order valence-electron chi connectivity index (χ3n) is 3.40. The van der Waals surface area contributed by atoms with Crippen molar-refractivity contribution in [3.05, 3.63) is 29.8 Å². The Morgan fingerprint density at radius 1 is 1.18 bits per heavy atom. The number of benzene rings is 1. The number of ether oxygens (including phenoxy) is 1. The highest BCUT2D eigenvalue weighted by molar-refractivity contribution is 5.36. The molecule has 94 valence electrons. The maximum atomic E-state index is 12.3. The fraction of sp³-hybridized carbons (Fsp3) is 0.538. The van der Waals surface area contributed by atoms with Crippen LogP contribution in [-0.4, -0.2) is 6.61 Å². The van der Waals surface area contributed by atoms with E-state index in [1.54, 1.807) is 18.2 Å². The molecule has 2 rings (SSSR count). The maximum Gasteiger partial charge on any atom is 0.387 e. The molecule has 0 spiro atoms. The lowest BCUT2D eigenvalue weighted by Crippen LogP contribution is -2.20. The summed E-state index contributed by atoms with van der Waals surface area (Å²) in [6.07, 6.45) is 4.50. The molecular weight excluding hydrogens is 224 g/mol. The van der Waals surface area contributed by atoms with Crippen molar-refractivity contribution in [1.29, 1.82) is 0 Å². The Labute approximate surface area is 99.8 Å². The van der Waals surface area contributed by atoms with Gasteiger partial charge in [-0.2, -0.15) is 8.78 Å². The number of hydrogen-bond acceptors (Lipinski definition) is 2. The molecule has 2 nitrogen and oxygen atoms in total. The molecule has 1 aliphatic carbocycles. The summed E-state index contributed by atoms with van der Waals surface area (Å²) in [5.41, 5.74) is 6.85. The second-order valence-electron chi connectivity index (χ2n) is 4.49. The van der Waals surface area contributed by atoms with Crippen LogP contribution in [0.1, 0.15) is 37.3 Å². The number of alkyl halides is 2. The molecule has 0 unspecified atom stereocenters. The topological polar surface area (TPSA) is 35.2 Å². The Hall–Kier alpha value is -1.16. The molecule has 1 aromatic rings. The fourth-order valence-electron chi connectivity index (χ4n) is 2.53. The van der Waals surface area contributed by atoms with E-state index in [2.05, 4.69) is 4.74 Å². The van der Waals surface area contributed by atoms with E-state index >= 15 is 0 Å². The Bertz CT molecular complexity index is 364. The van der Waals surface area contributed by atoms with Gasteiger partial charge in [0.05, 0.1) is 0 Å². The van der Waals surface area contributed by atoms with Gasteiger partial charge in [0.15, 0.2) is 0 Å². The van der Waals surface area contributed by atoms with Crippen LogP contribution in [0.25, 0.3) is 0 Å². The predicted molar refractivity (Wildman–Crippen MR) is 62.0 cm³/mol. The molecule has 1 saturated carbocycles. The summed E-state index contributed by atoms with van der Waals surface area (Å²) in [5.74, 6) is 0.597. The highest BCUT2D eigenvalue weighted by Gasteiger charge is 2.25. The first kappa shape index (κ1) is 12.3. The zero-order valence-electron chi connectivity index (χ0n) is 9.61. The van der Waals surface area contributed by atoms with Crippen molar-refractivity contribution < 1.29 is 13.5 Å². The number of rotatable bonds is 4. The first-order valence-corrected chi connectivity index (χ1v) is 5.98. The number of halogens is 2. The van der Waals surface area contributed by atoms with Crippen LogP contribution in [0, 0.1) is 5.92 Å². The van der Waals surface area contributed by atoms with E-state index in [4.69, 9.17) is 5.73 Å². The van der Waals surface area contributed by atoms with Gasteiger partial charge < -0.3 is 10.5 Å². The molecule has 0 radical (unpaired) electrons. The molecule has 1 aliphatic rings. The molecule has 0 amide bonds. The average Bonchev–Trinajstić information content (AvgIpc) is 2.81. The van der Waals surface area contributed by atoms with E-state index in [-0.39, 0.29) is 11.8 Å². The zero-order chi connectivity index (χ0) is 12.3. The van der Waals surface area contributed by atoms with E-state index in [0.29, 0.717) is 11.5 Å². The molecule has 1 atom stereocenters. The lowest BCUT2D eigenvalue weighted by Gasteiger charge is -2.21. The van der Waals surface area contributed by atoms with Crippen LogP contribution in [0.5, 0.6) is 5.75 Å². The normalized spacial score (nSPS) is 18.6. The second-order valence-corrected chi connectivity index (χ2v) is 4.49. The summed E-state index contributed by atoms with van der Waals surface area (Å²) in [7, 11) is 0. The molecule has 1 aromatic carbocycles. The van der Waals surface area contributed by atoms with Crippen molar-refractivity contribution in [1.82, 2.24) is 0 Å². The van der Waals surface area contributed by atoms with Crippen molar-refractivity contribution in [2.45, 2.75) is 38.3 Å². The number of hydrogen-bond donors (Lipinski definition) is 1. The minimum atomic E-state index is -2.80. The largest absolute Gasteiger partial charge is 0.434 e. The Morgan fingerprint density at radius 2 is 1.82 bits per heavy atom. The van der Waals surface area contributed by atoms with Crippen LogP contribution < -0.4 is 10.5 Å². The third-order valence-corrected chi connectivity index (χ3v) is 3.40. The minimum Gasteiger partial charge on any atom is -0.434 e. The van der Waals surface area contributed by atoms with Crippen LogP contribution in [0.4, 0.5) is 8.78 Å². The summed E-state index contributed by atoms with van der Waals surface area (Å²) in [5, 5.41) is 0. The summed E-state index contributed by atoms with van der Waals surface area (Å²) >= 11 is 0. The van der Waals surface area contributed by atoms with Gasteiger partial charge in [0.2, 0.25) is 0 Å². The van der Waals surface area contributed by atoms with Crippen molar-refractivity contribution in [3.8, 4) is 5.75 Å². The SMILES string of the molecule is N[C@H](c1ccccc1OC(F)F)C1CCCC1. The maximum absolute atomic E-state index is 12.3. The molecule has 1 fully saturated rings. The molecule has 4 heteroatoms. The van der Waals surface area contributed by atoms with Crippen LogP contribution in [0.3, 0.4) is 0 Å².